The van der Waals surface area contributed by atoms with Gasteiger partial charge in [0.1, 0.15) is 0 Å². The van der Waals surface area contributed by atoms with E-state index < -0.39 is 0 Å². The third-order valence-electron chi connectivity index (χ3n) is 6.80. The molecule has 0 aromatic rings. The summed E-state index contributed by atoms with van der Waals surface area (Å²) in [7, 11) is 0. The Bertz CT molecular complexity index is 505. The molecular weight excluding hydrogens is 352 g/mol. The molecular formula is C22H40N4O2. The zero-order valence-electron chi connectivity index (χ0n) is 18.0. The Hall–Kier alpha value is -1.14. The first-order valence-corrected chi connectivity index (χ1v) is 11.6. The van der Waals surface area contributed by atoms with E-state index in [9.17, 15) is 9.59 Å². The Kier molecular flexibility index (Phi) is 8.15. The molecule has 3 aliphatic rings. The molecule has 0 aromatic carbocycles. The molecule has 2 amide bonds. The molecule has 2 aliphatic heterocycles. The number of piperazine rings is 1. The number of rotatable bonds is 7. The highest BCUT2D eigenvalue weighted by Gasteiger charge is 2.37. The third kappa shape index (κ3) is 5.69. The molecule has 6 heteroatoms. The number of carbonyl (C=O) groups is 2. The van der Waals surface area contributed by atoms with Gasteiger partial charge in [-0.3, -0.25) is 14.5 Å². The van der Waals surface area contributed by atoms with Crippen LogP contribution in [-0.2, 0) is 9.59 Å². The monoisotopic (exact) mass is 392 g/mol. The maximum Gasteiger partial charge on any atom is 0.237 e. The third-order valence-corrected chi connectivity index (χ3v) is 6.80. The van der Waals surface area contributed by atoms with E-state index in [1.165, 1.54) is 45.2 Å². The van der Waals surface area contributed by atoms with Crippen molar-refractivity contribution in [1.82, 2.24) is 20.0 Å². The Balaban J connectivity index is 1.52. The van der Waals surface area contributed by atoms with Crippen molar-refractivity contribution in [1.29, 1.82) is 0 Å². The molecule has 0 radical (unpaired) electrons. The molecule has 1 aliphatic carbocycles. The maximum atomic E-state index is 13.1. The lowest BCUT2D eigenvalue weighted by Gasteiger charge is -2.41. The Labute approximate surface area is 171 Å². The molecule has 1 unspecified atom stereocenters. The predicted molar refractivity (Wildman–Crippen MR) is 112 cm³/mol. The van der Waals surface area contributed by atoms with Crippen LogP contribution in [0.2, 0.25) is 0 Å². The summed E-state index contributed by atoms with van der Waals surface area (Å²) in [4.78, 5) is 32.2. The lowest BCUT2D eigenvalue weighted by molar-refractivity contribution is -0.138. The fourth-order valence-electron chi connectivity index (χ4n) is 5.16. The summed E-state index contributed by atoms with van der Waals surface area (Å²) in [6.07, 6.45) is 8.74. The van der Waals surface area contributed by atoms with E-state index in [-0.39, 0.29) is 23.8 Å². The molecule has 1 atom stereocenters. The van der Waals surface area contributed by atoms with Crippen molar-refractivity contribution in [2.45, 2.75) is 64.8 Å². The minimum Gasteiger partial charge on any atom is -0.353 e. The molecule has 3 rings (SSSR count). The first-order valence-electron chi connectivity index (χ1n) is 11.6. The molecule has 2 heterocycles. The number of piperidine rings is 1. The van der Waals surface area contributed by atoms with Crippen molar-refractivity contribution in [2.24, 2.45) is 11.8 Å². The summed E-state index contributed by atoms with van der Waals surface area (Å²) in [6, 6.07) is -0.0137. The molecule has 28 heavy (non-hydrogen) atoms. The Morgan fingerprint density at radius 3 is 2.14 bits per heavy atom. The zero-order chi connectivity index (χ0) is 19.9. The molecule has 2 saturated heterocycles. The second kappa shape index (κ2) is 10.6. The van der Waals surface area contributed by atoms with Crippen LogP contribution in [0.4, 0.5) is 0 Å². The Morgan fingerprint density at radius 2 is 1.54 bits per heavy atom. The number of carbonyl (C=O) groups excluding carboxylic acids is 2. The van der Waals surface area contributed by atoms with Gasteiger partial charge in [-0.2, -0.15) is 0 Å². The average molecular weight is 393 g/mol. The zero-order valence-corrected chi connectivity index (χ0v) is 18.0. The lowest BCUT2D eigenvalue weighted by Crippen LogP contribution is -2.58. The normalized spacial score (nSPS) is 23.9. The largest absolute Gasteiger partial charge is 0.353 e. The average Bonchev–Trinajstić information content (AvgIpc) is 3.23. The van der Waals surface area contributed by atoms with Crippen LogP contribution in [0.5, 0.6) is 0 Å². The summed E-state index contributed by atoms with van der Waals surface area (Å²) < 4.78 is 0. The van der Waals surface area contributed by atoms with Gasteiger partial charge >= 0.3 is 0 Å². The highest BCUT2D eigenvalue weighted by atomic mass is 16.2. The first-order chi connectivity index (χ1) is 13.6. The van der Waals surface area contributed by atoms with E-state index in [0.29, 0.717) is 5.92 Å². The van der Waals surface area contributed by atoms with Crippen LogP contribution < -0.4 is 5.32 Å². The van der Waals surface area contributed by atoms with Crippen molar-refractivity contribution in [3.8, 4) is 0 Å². The van der Waals surface area contributed by atoms with E-state index in [2.05, 4.69) is 15.1 Å². The van der Waals surface area contributed by atoms with E-state index in [4.69, 9.17) is 0 Å². The van der Waals surface area contributed by atoms with Gasteiger partial charge in [-0.25, -0.2) is 0 Å². The van der Waals surface area contributed by atoms with Crippen LogP contribution >= 0.6 is 0 Å². The fraction of sp³-hybridized carbons (Fsp3) is 0.909. The van der Waals surface area contributed by atoms with Gasteiger partial charge in [0, 0.05) is 45.2 Å². The van der Waals surface area contributed by atoms with Crippen LogP contribution in [0.25, 0.3) is 0 Å². The predicted octanol–water partition coefficient (Wildman–Crippen LogP) is 1.95. The quantitative estimate of drug-likeness (QED) is 0.719. The molecule has 0 spiro atoms. The standard InChI is InChI=1S/C22H40N4O2/c1-18(2)22(28)26-16-14-25(15-17-26)20(19-8-4-5-9-19)21(27)23-10-13-24-11-6-3-7-12-24/h18-20H,3-17H2,1-2H3,(H,23,27). The van der Waals surface area contributed by atoms with E-state index in [1.54, 1.807) is 0 Å². The second-order valence-corrected chi connectivity index (χ2v) is 9.20. The van der Waals surface area contributed by atoms with Gasteiger partial charge in [-0.15, -0.1) is 0 Å². The van der Waals surface area contributed by atoms with Crippen molar-refractivity contribution in [2.75, 3.05) is 52.4 Å². The smallest absolute Gasteiger partial charge is 0.237 e. The highest BCUT2D eigenvalue weighted by Crippen LogP contribution is 2.31. The van der Waals surface area contributed by atoms with Gasteiger partial charge in [-0.05, 0) is 44.7 Å². The van der Waals surface area contributed by atoms with Crippen molar-refractivity contribution in [3.05, 3.63) is 0 Å². The van der Waals surface area contributed by atoms with Gasteiger partial charge in [0.15, 0.2) is 0 Å². The van der Waals surface area contributed by atoms with Crippen LogP contribution in [0, 0.1) is 11.8 Å². The highest BCUT2D eigenvalue weighted by molar-refractivity contribution is 5.82. The van der Waals surface area contributed by atoms with Crippen LogP contribution in [0.1, 0.15) is 58.8 Å². The molecule has 6 nitrogen and oxygen atoms in total. The van der Waals surface area contributed by atoms with Crippen LogP contribution in [-0.4, -0.2) is 84.9 Å². The molecule has 1 saturated carbocycles. The lowest BCUT2D eigenvalue weighted by atomic mass is 9.95. The molecule has 160 valence electrons. The van der Waals surface area contributed by atoms with Gasteiger partial charge < -0.3 is 15.1 Å². The second-order valence-electron chi connectivity index (χ2n) is 9.20. The number of nitrogens with one attached hydrogen (secondary N) is 1. The van der Waals surface area contributed by atoms with Crippen molar-refractivity contribution in [3.63, 3.8) is 0 Å². The van der Waals surface area contributed by atoms with E-state index in [1.807, 2.05) is 18.7 Å². The number of amides is 2. The summed E-state index contributed by atoms with van der Waals surface area (Å²) >= 11 is 0. The van der Waals surface area contributed by atoms with Crippen molar-refractivity contribution >= 4 is 11.8 Å². The number of hydrogen-bond donors (Lipinski definition) is 1. The van der Waals surface area contributed by atoms with Gasteiger partial charge in [-0.1, -0.05) is 33.1 Å². The number of hydrogen-bond acceptors (Lipinski definition) is 4. The SMILES string of the molecule is CC(C)C(=O)N1CCN(C(C(=O)NCCN2CCCCC2)C2CCCC2)CC1. The first kappa shape index (κ1) is 21.6. The molecule has 1 N–H and O–H groups in total. The van der Waals surface area contributed by atoms with Gasteiger partial charge in [0.2, 0.25) is 11.8 Å². The summed E-state index contributed by atoms with van der Waals surface area (Å²) in [5.41, 5.74) is 0. The minimum atomic E-state index is -0.0137. The molecule has 0 bridgehead atoms. The van der Waals surface area contributed by atoms with Crippen molar-refractivity contribution < 1.29 is 9.59 Å². The van der Waals surface area contributed by atoms with E-state index >= 15 is 0 Å². The van der Waals surface area contributed by atoms with Crippen LogP contribution in [0.3, 0.4) is 0 Å². The number of likely N-dealkylation sites (tertiary alicyclic amines) is 1. The summed E-state index contributed by atoms with van der Waals surface area (Å²) in [5, 5.41) is 3.25. The van der Waals surface area contributed by atoms with Gasteiger partial charge in [0.25, 0.3) is 0 Å². The summed E-state index contributed by atoms with van der Waals surface area (Å²) in [5.74, 6) is 0.980. The van der Waals surface area contributed by atoms with E-state index in [0.717, 1.165) is 52.1 Å². The fourth-order valence-corrected chi connectivity index (χ4v) is 5.16. The molecule has 3 fully saturated rings. The minimum absolute atomic E-state index is 0.0137. The molecule has 0 aromatic heterocycles. The number of nitrogens with zero attached hydrogens (tertiary/aromatic N) is 3. The summed E-state index contributed by atoms with van der Waals surface area (Å²) in [6.45, 7) is 11.1. The van der Waals surface area contributed by atoms with Crippen LogP contribution in [0.15, 0.2) is 0 Å². The van der Waals surface area contributed by atoms with Gasteiger partial charge in [0.05, 0.1) is 6.04 Å². The topological polar surface area (TPSA) is 55.9 Å². The Morgan fingerprint density at radius 1 is 0.893 bits per heavy atom. The maximum absolute atomic E-state index is 13.1.